The second-order valence-corrected chi connectivity index (χ2v) is 6.62. The van der Waals surface area contributed by atoms with Crippen LogP contribution in [0.15, 0.2) is 36.4 Å². The van der Waals surface area contributed by atoms with Crippen LogP contribution >= 0.6 is 0 Å². The number of carbonyl (C=O) groups excluding carboxylic acids is 1. The van der Waals surface area contributed by atoms with Gasteiger partial charge in [0.2, 0.25) is 5.91 Å². The zero-order valence-corrected chi connectivity index (χ0v) is 13.9. The standard InChI is InChI=1S/C18H24N4O2/c1-12-7-17(19)22(21-12)11-18(24)20-16(14-9-15(23)10-14)8-13-5-3-2-4-6-13/h2-7,14-16,23H,8-11,19H2,1H3,(H,20,24). The number of hydrogen-bond acceptors (Lipinski definition) is 4. The molecule has 1 atom stereocenters. The number of nitrogen functional groups attached to an aromatic ring is 1. The highest BCUT2D eigenvalue weighted by Crippen LogP contribution is 2.31. The highest BCUT2D eigenvalue weighted by atomic mass is 16.3. The number of hydrogen-bond donors (Lipinski definition) is 3. The fourth-order valence-electron chi connectivity index (χ4n) is 3.24. The molecule has 1 aromatic heterocycles. The summed E-state index contributed by atoms with van der Waals surface area (Å²) in [7, 11) is 0. The van der Waals surface area contributed by atoms with Gasteiger partial charge in [-0.05, 0) is 37.7 Å². The van der Waals surface area contributed by atoms with E-state index in [1.165, 1.54) is 10.2 Å². The molecule has 0 saturated heterocycles. The molecule has 6 nitrogen and oxygen atoms in total. The smallest absolute Gasteiger partial charge is 0.242 e. The minimum Gasteiger partial charge on any atom is -0.393 e. The summed E-state index contributed by atoms with van der Waals surface area (Å²) in [5.74, 6) is 0.689. The number of nitrogens with two attached hydrogens (primary N) is 1. The van der Waals surface area contributed by atoms with Crippen molar-refractivity contribution in [2.24, 2.45) is 5.92 Å². The van der Waals surface area contributed by atoms with Gasteiger partial charge in [0.15, 0.2) is 0 Å². The van der Waals surface area contributed by atoms with Crippen molar-refractivity contribution < 1.29 is 9.90 Å². The quantitative estimate of drug-likeness (QED) is 0.744. The number of benzene rings is 1. The summed E-state index contributed by atoms with van der Waals surface area (Å²) in [6.07, 6.45) is 1.99. The third-order valence-electron chi connectivity index (χ3n) is 4.59. The van der Waals surface area contributed by atoms with Crippen LogP contribution < -0.4 is 11.1 Å². The van der Waals surface area contributed by atoms with Crippen LogP contribution in [-0.2, 0) is 17.8 Å². The second-order valence-electron chi connectivity index (χ2n) is 6.62. The maximum absolute atomic E-state index is 12.4. The molecule has 6 heteroatoms. The van der Waals surface area contributed by atoms with E-state index < -0.39 is 0 Å². The predicted molar refractivity (Wildman–Crippen MR) is 92.2 cm³/mol. The van der Waals surface area contributed by atoms with Gasteiger partial charge in [0.1, 0.15) is 12.4 Å². The molecule has 2 aromatic rings. The Morgan fingerprint density at radius 3 is 2.71 bits per heavy atom. The molecule has 1 amide bonds. The molecule has 1 aliphatic rings. The summed E-state index contributed by atoms with van der Waals surface area (Å²) in [6.45, 7) is 1.96. The van der Waals surface area contributed by atoms with Crippen molar-refractivity contribution in [1.29, 1.82) is 0 Å². The number of anilines is 1. The number of carbonyl (C=O) groups is 1. The van der Waals surface area contributed by atoms with Crippen LogP contribution in [0, 0.1) is 12.8 Å². The fraction of sp³-hybridized carbons (Fsp3) is 0.444. The first-order valence-corrected chi connectivity index (χ1v) is 8.32. The first-order chi connectivity index (χ1) is 11.5. The summed E-state index contributed by atoms with van der Waals surface area (Å²) < 4.78 is 1.51. The van der Waals surface area contributed by atoms with E-state index in [1.807, 2.05) is 25.1 Å². The lowest BCUT2D eigenvalue weighted by molar-refractivity contribution is -0.123. The van der Waals surface area contributed by atoms with Crippen LogP contribution in [0.2, 0.25) is 0 Å². The molecule has 128 valence electrons. The lowest BCUT2D eigenvalue weighted by Gasteiger charge is -2.38. The fourth-order valence-corrected chi connectivity index (χ4v) is 3.24. The summed E-state index contributed by atoms with van der Waals surface area (Å²) in [5.41, 5.74) is 7.82. The Labute approximate surface area is 141 Å². The summed E-state index contributed by atoms with van der Waals surface area (Å²) >= 11 is 0. The van der Waals surface area contributed by atoms with Crippen LogP contribution in [-0.4, -0.2) is 32.9 Å². The molecule has 1 aromatic carbocycles. The number of aliphatic hydroxyl groups is 1. The Bertz CT molecular complexity index is 692. The second kappa shape index (κ2) is 7.05. The topological polar surface area (TPSA) is 93.2 Å². The molecule has 0 aliphatic heterocycles. The molecule has 1 saturated carbocycles. The van der Waals surface area contributed by atoms with Crippen LogP contribution in [0.25, 0.3) is 0 Å². The highest BCUT2D eigenvalue weighted by Gasteiger charge is 2.34. The predicted octanol–water partition coefficient (Wildman–Crippen LogP) is 1.27. The van der Waals surface area contributed by atoms with E-state index >= 15 is 0 Å². The van der Waals surface area contributed by atoms with E-state index in [0.717, 1.165) is 25.0 Å². The van der Waals surface area contributed by atoms with Crippen molar-refractivity contribution in [2.45, 2.75) is 44.9 Å². The van der Waals surface area contributed by atoms with E-state index in [9.17, 15) is 9.90 Å². The normalized spacial score (nSPS) is 21.1. The zero-order valence-electron chi connectivity index (χ0n) is 13.9. The summed E-state index contributed by atoms with van der Waals surface area (Å²) in [6, 6.07) is 11.9. The lowest BCUT2D eigenvalue weighted by atomic mass is 9.75. The first kappa shape index (κ1) is 16.5. The Kier molecular flexibility index (Phi) is 4.85. The number of aliphatic hydroxyl groups excluding tert-OH is 1. The van der Waals surface area contributed by atoms with E-state index in [1.54, 1.807) is 6.07 Å². The van der Waals surface area contributed by atoms with Gasteiger partial charge in [-0.3, -0.25) is 4.79 Å². The molecule has 1 aliphatic carbocycles. The third-order valence-corrected chi connectivity index (χ3v) is 4.59. The van der Waals surface area contributed by atoms with Crippen LogP contribution in [0.3, 0.4) is 0 Å². The lowest BCUT2D eigenvalue weighted by Crippen LogP contribution is -2.49. The molecule has 3 rings (SSSR count). The molecule has 4 N–H and O–H groups in total. The number of amides is 1. The average Bonchev–Trinajstić information content (AvgIpc) is 2.82. The Balaban J connectivity index is 1.64. The van der Waals surface area contributed by atoms with Crippen molar-refractivity contribution in [3.8, 4) is 0 Å². The Morgan fingerprint density at radius 2 is 2.12 bits per heavy atom. The monoisotopic (exact) mass is 328 g/mol. The third kappa shape index (κ3) is 3.94. The van der Waals surface area contributed by atoms with Gasteiger partial charge in [-0.15, -0.1) is 0 Å². The molecular weight excluding hydrogens is 304 g/mol. The number of nitrogens with one attached hydrogen (secondary N) is 1. The maximum atomic E-state index is 12.4. The van der Waals surface area contributed by atoms with Crippen molar-refractivity contribution in [3.63, 3.8) is 0 Å². The largest absolute Gasteiger partial charge is 0.393 e. The molecular formula is C18H24N4O2. The number of aromatic nitrogens is 2. The molecule has 1 unspecified atom stereocenters. The van der Waals surface area contributed by atoms with Gasteiger partial charge in [0, 0.05) is 12.1 Å². The first-order valence-electron chi connectivity index (χ1n) is 8.32. The van der Waals surface area contributed by atoms with Crippen molar-refractivity contribution in [1.82, 2.24) is 15.1 Å². The molecule has 1 fully saturated rings. The van der Waals surface area contributed by atoms with Crippen molar-refractivity contribution >= 4 is 11.7 Å². The van der Waals surface area contributed by atoms with Crippen molar-refractivity contribution in [2.75, 3.05) is 5.73 Å². The highest BCUT2D eigenvalue weighted by molar-refractivity contribution is 5.76. The minimum atomic E-state index is -0.241. The number of nitrogens with zero attached hydrogens (tertiary/aromatic N) is 2. The van der Waals surface area contributed by atoms with Crippen LogP contribution in [0.1, 0.15) is 24.1 Å². The SMILES string of the molecule is Cc1cc(N)n(CC(=O)NC(Cc2ccccc2)C2CC(O)C2)n1. The zero-order chi connectivity index (χ0) is 17.1. The van der Waals surface area contributed by atoms with Crippen LogP contribution in [0.5, 0.6) is 0 Å². The molecule has 24 heavy (non-hydrogen) atoms. The average molecular weight is 328 g/mol. The van der Waals surface area contributed by atoms with Crippen LogP contribution in [0.4, 0.5) is 5.82 Å². The molecule has 0 radical (unpaired) electrons. The van der Waals surface area contributed by atoms with Gasteiger partial charge in [-0.25, -0.2) is 4.68 Å². The van der Waals surface area contributed by atoms with E-state index in [2.05, 4.69) is 22.5 Å². The van der Waals surface area contributed by atoms with Gasteiger partial charge in [0.25, 0.3) is 0 Å². The summed E-state index contributed by atoms with van der Waals surface area (Å²) in [4.78, 5) is 12.4. The Morgan fingerprint density at radius 1 is 1.42 bits per heavy atom. The van der Waals surface area contributed by atoms with Gasteiger partial charge in [-0.2, -0.15) is 5.10 Å². The van der Waals surface area contributed by atoms with Gasteiger partial charge in [0.05, 0.1) is 11.8 Å². The van der Waals surface area contributed by atoms with Gasteiger partial charge in [-0.1, -0.05) is 30.3 Å². The van der Waals surface area contributed by atoms with E-state index in [-0.39, 0.29) is 24.6 Å². The Hall–Kier alpha value is -2.34. The minimum absolute atomic E-state index is 0.0150. The molecule has 1 heterocycles. The number of aryl methyl sites for hydroxylation is 1. The number of rotatable bonds is 6. The van der Waals surface area contributed by atoms with E-state index in [4.69, 9.17) is 5.73 Å². The maximum Gasteiger partial charge on any atom is 0.242 e. The summed E-state index contributed by atoms with van der Waals surface area (Å²) in [5, 5.41) is 16.9. The van der Waals surface area contributed by atoms with E-state index in [0.29, 0.717) is 11.7 Å². The van der Waals surface area contributed by atoms with Gasteiger partial charge >= 0.3 is 0 Å². The molecule has 0 spiro atoms. The van der Waals surface area contributed by atoms with Gasteiger partial charge < -0.3 is 16.2 Å². The van der Waals surface area contributed by atoms with Crippen molar-refractivity contribution in [3.05, 3.63) is 47.7 Å². The molecule has 0 bridgehead atoms.